The van der Waals surface area contributed by atoms with E-state index in [1.165, 1.54) is 71.6 Å². The fourth-order valence-electron chi connectivity index (χ4n) is 8.72. The second-order valence-electron chi connectivity index (χ2n) is 16.1. The Morgan fingerprint density at radius 2 is 0.703 bits per heavy atom. The van der Waals surface area contributed by atoms with Gasteiger partial charge in [0.25, 0.3) is 0 Å². The van der Waals surface area contributed by atoms with Crippen LogP contribution in [0, 0.1) is 0 Å². The van der Waals surface area contributed by atoms with Crippen molar-refractivity contribution in [2.24, 2.45) is 0 Å². The molecule has 10 aromatic carbocycles. The van der Waals surface area contributed by atoms with Crippen LogP contribution < -0.4 is 4.90 Å². The lowest BCUT2D eigenvalue weighted by Gasteiger charge is -2.25. The van der Waals surface area contributed by atoms with Crippen molar-refractivity contribution in [1.29, 1.82) is 0 Å². The summed E-state index contributed by atoms with van der Waals surface area (Å²) in [6, 6.07) is 86.9. The van der Waals surface area contributed by atoms with Gasteiger partial charge in [-0.2, -0.15) is 0 Å². The predicted molar refractivity (Wildman–Crippen MR) is 277 cm³/mol. The van der Waals surface area contributed by atoms with E-state index < -0.39 is 0 Å². The van der Waals surface area contributed by atoms with Gasteiger partial charge in [0.2, 0.25) is 0 Å². The fraction of sp³-hybridized carbons (Fsp3) is 0.0159. The smallest absolute Gasteiger partial charge is 0.0462 e. The van der Waals surface area contributed by atoms with Crippen LogP contribution in [0.5, 0.6) is 0 Å². The molecule has 0 radical (unpaired) electrons. The Kier molecular flexibility index (Phi) is 11.7. The van der Waals surface area contributed by atoms with Gasteiger partial charge in [0.15, 0.2) is 0 Å². The minimum absolute atomic E-state index is 0.882. The second-order valence-corrected chi connectivity index (χ2v) is 16.1. The van der Waals surface area contributed by atoms with E-state index in [1.54, 1.807) is 0 Å². The van der Waals surface area contributed by atoms with E-state index in [9.17, 15) is 0 Å². The van der Waals surface area contributed by atoms with E-state index in [4.69, 9.17) is 0 Å². The molecule has 1 heteroatoms. The van der Waals surface area contributed by atoms with Crippen molar-refractivity contribution in [3.8, 4) is 11.1 Å². The first-order valence-corrected chi connectivity index (χ1v) is 22.0. The van der Waals surface area contributed by atoms with Crippen molar-refractivity contribution in [2.45, 2.75) is 6.42 Å². The number of allylic oxidation sites excluding steroid dienone is 1. The van der Waals surface area contributed by atoms with E-state index in [2.05, 4.69) is 278 Å². The highest BCUT2D eigenvalue weighted by atomic mass is 15.1. The monoisotopic (exact) mass is 817 g/mol. The molecule has 0 bridgehead atoms. The molecule has 304 valence electrons. The Bertz CT molecular complexity index is 3200. The molecule has 0 saturated carbocycles. The summed E-state index contributed by atoms with van der Waals surface area (Å²) >= 11 is 0. The predicted octanol–water partition coefficient (Wildman–Crippen LogP) is 17.3. The van der Waals surface area contributed by atoms with Crippen molar-refractivity contribution in [1.82, 2.24) is 0 Å². The van der Waals surface area contributed by atoms with Crippen LogP contribution in [0.1, 0.15) is 38.9 Å². The van der Waals surface area contributed by atoms with Crippen molar-refractivity contribution in [3.63, 3.8) is 0 Å². The Morgan fingerprint density at radius 3 is 1.20 bits per heavy atom. The normalized spacial score (nSPS) is 11.8. The molecule has 0 unspecified atom stereocenters. The standard InChI is InChI=1S/C63H47N/c1-5-17-49(18-6-1)45-54(51-19-7-2-8-20-51)46-50-31-29-47(30-32-50)33-37-52-39-43-62(60-27-15-13-25-58(52)60)63-44-40-53(59-26-14-16-28-61(59)63)38-34-48-35-41-57(42-36-48)64(55-21-9-3-10-22-55)56-23-11-4-12-24-56/h1-44,46H,45H2/b37-33+,38-34+,54-46+. The quantitative estimate of drug-likeness (QED) is 0.111. The zero-order chi connectivity index (χ0) is 42.9. The van der Waals surface area contributed by atoms with Crippen molar-refractivity contribution >= 4 is 74.6 Å². The highest BCUT2D eigenvalue weighted by Crippen LogP contribution is 2.38. The van der Waals surface area contributed by atoms with E-state index in [1.807, 2.05) is 0 Å². The first kappa shape index (κ1) is 39.9. The lowest BCUT2D eigenvalue weighted by Crippen LogP contribution is -2.09. The van der Waals surface area contributed by atoms with Crippen LogP contribution in [0.4, 0.5) is 17.1 Å². The van der Waals surface area contributed by atoms with Crippen molar-refractivity contribution < 1.29 is 0 Å². The molecular formula is C63H47N. The minimum atomic E-state index is 0.882. The van der Waals surface area contributed by atoms with Gasteiger partial charge in [0.05, 0.1) is 0 Å². The first-order valence-electron chi connectivity index (χ1n) is 22.0. The molecule has 0 aliphatic heterocycles. The van der Waals surface area contributed by atoms with E-state index in [0.29, 0.717) is 0 Å². The molecule has 1 nitrogen and oxygen atoms in total. The van der Waals surface area contributed by atoms with Crippen LogP contribution in [0.25, 0.3) is 68.6 Å². The van der Waals surface area contributed by atoms with Crippen molar-refractivity contribution in [2.75, 3.05) is 4.90 Å². The van der Waals surface area contributed by atoms with Gasteiger partial charge in [-0.05, 0) is 120 Å². The Labute approximate surface area is 376 Å². The highest BCUT2D eigenvalue weighted by Gasteiger charge is 2.13. The van der Waals surface area contributed by atoms with Gasteiger partial charge in [-0.3, -0.25) is 0 Å². The van der Waals surface area contributed by atoms with E-state index in [-0.39, 0.29) is 0 Å². The topological polar surface area (TPSA) is 3.24 Å². The number of rotatable bonds is 12. The maximum atomic E-state index is 2.32. The number of fused-ring (bicyclic) bond motifs is 2. The third-order valence-corrected chi connectivity index (χ3v) is 12.0. The van der Waals surface area contributed by atoms with Gasteiger partial charge >= 0.3 is 0 Å². The molecule has 64 heavy (non-hydrogen) atoms. The van der Waals surface area contributed by atoms with Gasteiger partial charge in [0, 0.05) is 17.1 Å². The number of anilines is 3. The number of nitrogens with zero attached hydrogens (tertiary/aromatic N) is 1. The molecule has 0 amide bonds. The fourth-order valence-corrected chi connectivity index (χ4v) is 8.72. The van der Waals surface area contributed by atoms with Gasteiger partial charge in [0.1, 0.15) is 0 Å². The Balaban J connectivity index is 0.903. The van der Waals surface area contributed by atoms with Gasteiger partial charge in [-0.25, -0.2) is 0 Å². The number of hydrogen-bond donors (Lipinski definition) is 0. The van der Waals surface area contributed by atoms with Gasteiger partial charge in [-0.15, -0.1) is 0 Å². The highest BCUT2D eigenvalue weighted by molar-refractivity contribution is 6.09. The second kappa shape index (κ2) is 18.8. The van der Waals surface area contributed by atoms with Crippen LogP contribution in [-0.4, -0.2) is 0 Å². The number of hydrogen-bond acceptors (Lipinski definition) is 1. The molecule has 0 N–H and O–H groups in total. The summed E-state index contributed by atoms with van der Waals surface area (Å²) in [4.78, 5) is 2.29. The maximum absolute atomic E-state index is 2.32. The average Bonchev–Trinajstić information content (AvgIpc) is 3.37. The minimum Gasteiger partial charge on any atom is -0.311 e. The van der Waals surface area contributed by atoms with Crippen LogP contribution in [0.3, 0.4) is 0 Å². The summed E-state index contributed by atoms with van der Waals surface area (Å²) in [6.45, 7) is 0. The Hall–Kier alpha value is -8.26. The summed E-state index contributed by atoms with van der Waals surface area (Å²) in [7, 11) is 0. The number of para-hydroxylation sites is 2. The molecular weight excluding hydrogens is 771 g/mol. The molecule has 0 aliphatic carbocycles. The van der Waals surface area contributed by atoms with E-state index in [0.717, 1.165) is 29.0 Å². The zero-order valence-electron chi connectivity index (χ0n) is 35.6. The first-order chi connectivity index (χ1) is 31.7. The molecule has 0 spiro atoms. The van der Waals surface area contributed by atoms with Crippen LogP contribution in [-0.2, 0) is 6.42 Å². The molecule has 0 aliphatic rings. The molecule has 0 heterocycles. The average molecular weight is 818 g/mol. The van der Waals surface area contributed by atoms with Gasteiger partial charge < -0.3 is 4.90 Å². The van der Waals surface area contributed by atoms with E-state index >= 15 is 0 Å². The third-order valence-electron chi connectivity index (χ3n) is 12.0. The lowest BCUT2D eigenvalue weighted by molar-refractivity contribution is 1.28. The molecule has 0 saturated heterocycles. The summed E-state index contributed by atoms with van der Waals surface area (Å²) in [5, 5.41) is 4.95. The third kappa shape index (κ3) is 8.88. The van der Waals surface area contributed by atoms with Crippen LogP contribution >= 0.6 is 0 Å². The molecule has 0 atom stereocenters. The molecule has 10 rings (SSSR count). The van der Waals surface area contributed by atoms with Gasteiger partial charge in [-0.1, -0.05) is 237 Å². The number of benzene rings is 10. The largest absolute Gasteiger partial charge is 0.311 e. The summed E-state index contributed by atoms with van der Waals surface area (Å²) in [6.07, 6.45) is 12.1. The zero-order valence-corrected chi connectivity index (χ0v) is 35.6. The summed E-state index contributed by atoms with van der Waals surface area (Å²) in [5.74, 6) is 0. The van der Waals surface area contributed by atoms with Crippen molar-refractivity contribution in [3.05, 3.63) is 282 Å². The summed E-state index contributed by atoms with van der Waals surface area (Å²) in [5.41, 5.74) is 15.6. The lowest BCUT2D eigenvalue weighted by atomic mass is 9.90. The maximum Gasteiger partial charge on any atom is 0.0462 e. The SMILES string of the molecule is C(=C\c1ccc(-c2ccc(/C=C/c3ccc(N(c4ccccc4)c4ccccc4)cc3)c3ccccc23)c2ccccc12)/c1ccc(/C=C(\Cc2ccccc2)c2ccccc2)cc1. The summed E-state index contributed by atoms with van der Waals surface area (Å²) < 4.78 is 0. The van der Waals surface area contributed by atoms with Crippen LogP contribution in [0.15, 0.2) is 243 Å². The molecule has 0 fully saturated rings. The molecule has 10 aromatic rings. The Morgan fingerprint density at radius 1 is 0.312 bits per heavy atom. The molecule has 0 aromatic heterocycles. The van der Waals surface area contributed by atoms with Crippen LogP contribution in [0.2, 0.25) is 0 Å².